The topological polar surface area (TPSA) is 93.7 Å². The van der Waals surface area contributed by atoms with E-state index in [4.69, 9.17) is 9.47 Å². The first-order chi connectivity index (χ1) is 12.0. The number of thiophene rings is 1. The third-order valence-electron chi connectivity index (χ3n) is 3.16. The summed E-state index contributed by atoms with van der Waals surface area (Å²) in [6.45, 7) is 0.701. The second-order valence-electron chi connectivity index (χ2n) is 4.95. The smallest absolute Gasteiger partial charge is 0.250 e. The van der Waals surface area contributed by atoms with Crippen molar-refractivity contribution < 1.29 is 22.7 Å². The third-order valence-corrected chi connectivity index (χ3v) is 6.01. The molecule has 0 saturated carbocycles. The van der Waals surface area contributed by atoms with Gasteiger partial charge in [-0.25, -0.2) is 13.1 Å². The maximum absolute atomic E-state index is 11.9. The van der Waals surface area contributed by atoms with E-state index in [0.717, 1.165) is 17.1 Å². The van der Waals surface area contributed by atoms with Crippen LogP contribution < -0.4 is 19.5 Å². The quantitative estimate of drug-likeness (QED) is 0.607. The summed E-state index contributed by atoms with van der Waals surface area (Å²) >= 11 is 1.13. The molecule has 0 fully saturated rings. The van der Waals surface area contributed by atoms with Crippen LogP contribution in [-0.2, 0) is 14.8 Å². The number of ether oxygens (including phenoxy) is 2. The zero-order chi connectivity index (χ0) is 18.1. The summed E-state index contributed by atoms with van der Waals surface area (Å²) in [5.41, 5.74) is 0. The van der Waals surface area contributed by atoms with Gasteiger partial charge >= 0.3 is 0 Å². The van der Waals surface area contributed by atoms with E-state index in [0.29, 0.717) is 18.9 Å². The van der Waals surface area contributed by atoms with Gasteiger partial charge in [-0.1, -0.05) is 6.07 Å². The zero-order valence-corrected chi connectivity index (χ0v) is 15.4. The largest absolute Gasteiger partial charge is 0.497 e. The average molecular weight is 384 g/mol. The average Bonchev–Trinajstić information content (AvgIpc) is 3.15. The Kier molecular flexibility index (Phi) is 7.23. The number of carbonyl (C=O) groups excluding carboxylic acids is 1. The van der Waals surface area contributed by atoms with E-state index >= 15 is 0 Å². The molecule has 0 bridgehead atoms. The first-order valence-electron chi connectivity index (χ1n) is 7.58. The minimum Gasteiger partial charge on any atom is -0.497 e. The fourth-order valence-corrected chi connectivity index (χ4v) is 3.98. The van der Waals surface area contributed by atoms with Gasteiger partial charge in [-0.3, -0.25) is 4.79 Å². The van der Waals surface area contributed by atoms with Gasteiger partial charge in [-0.15, -0.1) is 11.3 Å². The molecule has 0 unspecified atom stereocenters. The number of sulfonamides is 1. The van der Waals surface area contributed by atoms with Crippen LogP contribution in [0.15, 0.2) is 46.0 Å². The molecule has 7 nitrogen and oxygen atoms in total. The Hall–Kier alpha value is -2.10. The summed E-state index contributed by atoms with van der Waals surface area (Å²) in [6.07, 6.45) is 0.0626. The monoisotopic (exact) mass is 384 g/mol. The summed E-state index contributed by atoms with van der Waals surface area (Å²) in [6, 6.07) is 10.3. The Bertz CT molecular complexity index is 758. The number of carbonyl (C=O) groups is 1. The molecule has 0 aliphatic heterocycles. The number of benzene rings is 1. The lowest BCUT2D eigenvalue weighted by Gasteiger charge is -2.09. The molecule has 25 heavy (non-hydrogen) atoms. The molecule has 0 atom stereocenters. The van der Waals surface area contributed by atoms with Crippen LogP contribution in [-0.4, -0.2) is 41.1 Å². The Morgan fingerprint density at radius 2 is 1.84 bits per heavy atom. The van der Waals surface area contributed by atoms with Crippen LogP contribution in [0.1, 0.15) is 6.42 Å². The Morgan fingerprint density at radius 3 is 2.48 bits per heavy atom. The lowest BCUT2D eigenvalue weighted by molar-refractivity contribution is -0.121. The van der Waals surface area contributed by atoms with Crippen LogP contribution >= 0.6 is 11.3 Å². The molecular weight excluding hydrogens is 364 g/mol. The molecule has 1 aromatic heterocycles. The number of methoxy groups -OCH3 is 1. The second kappa shape index (κ2) is 9.40. The normalized spacial score (nSPS) is 11.1. The van der Waals surface area contributed by atoms with Gasteiger partial charge in [0.25, 0.3) is 0 Å². The maximum Gasteiger partial charge on any atom is 0.250 e. The highest BCUT2D eigenvalue weighted by molar-refractivity contribution is 7.91. The van der Waals surface area contributed by atoms with E-state index in [2.05, 4.69) is 10.0 Å². The van der Waals surface area contributed by atoms with Gasteiger partial charge in [0, 0.05) is 13.0 Å². The SMILES string of the molecule is COc1ccc(OCCNC(=O)CCNS(=O)(=O)c2cccs2)cc1. The van der Waals surface area contributed by atoms with Crippen molar-refractivity contribution in [3.63, 3.8) is 0 Å². The Labute approximate surface area is 151 Å². The molecule has 1 heterocycles. The fraction of sp³-hybridized carbons (Fsp3) is 0.312. The van der Waals surface area contributed by atoms with Gasteiger partial charge in [-0.2, -0.15) is 0 Å². The summed E-state index contributed by atoms with van der Waals surface area (Å²) < 4.78 is 36.9. The first-order valence-corrected chi connectivity index (χ1v) is 9.94. The summed E-state index contributed by atoms with van der Waals surface area (Å²) in [4.78, 5) is 11.7. The van der Waals surface area contributed by atoms with Crippen LogP contribution in [0.5, 0.6) is 11.5 Å². The highest BCUT2D eigenvalue weighted by atomic mass is 32.2. The summed E-state index contributed by atoms with van der Waals surface area (Å²) in [5, 5.41) is 4.36. The van der Waals surface area contributed by atoms with Crippen LogP contribution in [0.4, 0.5) is 0 Å². The van der Waals surface area contributed by atoms with E-state index in [1.54, 1.807) is 42.8 Å². The van der Waals surface area contributed by atoms with E-state index in [-0.39, 0.29) is 23.1 Å². The number of rotatable bonds is 10. The second-order valence-corrected chi connectivity index (χ2v) is 7.90. The molecule has 136 valence electrons. The molecule has 2 N–H and O–H groups in total. The predicted molar refractivity (Wildman–Crippen MR) is 95.6 cm³/mol. The van der Waals surface area contributed by atoms with Gasteiger partial charge < -0.3 is 14.8 Å². The summed E-state index contributed by atoms with van der Waals surface area (Å²) in [5.74, 6) is 1.18. The van der Waals surface area contributed by atoms with E-state index in [1.807, 2.05) is 0 Å². The predicted octanol–water partition coefficient (Wildman–Crippen LogP) is 1.62. The molecule has 0 spiro atoms. The van der Waals surface area contributed by atoms with Gasteiger partial charge in [-0.05, 0) is 35.7 Å². The van der Waals surface area contributed by atoms with Crippen molar-refractivity contribution in [2.24, 2.45) is 0 Å². The van der Waals surface area contributed by atoms with Crippen molar-refractivity contribution in [2.75, 3.05) is 26.8 Å². The van der Waals surface area contributed by atoms with Crippen LogP contribution in [0.25, 0.3) is 0 Å². The fourth-order valence-electron chi connectivity index (χ4n) is 1.91. The van der Waals surface area contributed by atoms with Crippen molar-refractivity contribution >= 4 is 27.3 Å². The van der Waals surface area contributed by atoms with Crippen molar-refractivity contribution in [3.8, 4) is 11.5 Å². The minimum absolute atomic E-state index is 0.0470. The van der Waals surface area contributed by atoms with Gasteiger partial charge in [0.05, 0.1) is 13.7 Å². The molecule has 1 aromatic carbocycles. The third kappa shape index (κ3) is 6.37. The molecule has 0 aliphatic rings. The van der Waals surface area contributed by atoms with Gasteiger partial charge in [0.1, 0.15) is 22.3 Å². The highest BCUT2D eigenvalue weighted by Crippen LogP contribution is 2.16. The van der Waals surface area contributed by atoms with E-state index < -0.39 is 10.0 Å². The lowest BCUT2D eigenvalue weighted by atomic mass is 10.3. The maximum atomic E-state index is 11.9. The van der Waals surface area contributed by atoms with Crippen LogP contribution in [0.3, 0.4) is 0 Å². The van der Waals surface area contributed by atoms with Crippen molar-refractivity contribution in [1.82, 2.24) is 10.0 Å². The minimum atomic E-state index is -3.53. The van der Waals surface area contributed by atoms with E-state index in [1.165, 1.54) is 6.07 Å². The Balaban J connectivity index is 1.61. The molecule has 2 rings (SSSR count). The highest BCUT2D eigenvalue weighted by Gasteiger charge is 2.14. The van der Waals surface area contributed by atoms with Crippen molar-refractivity contribution in [2.45, 2.75) is 10.6 Å². The molecule has 0 saturated heterocycles. The zero-order valence-electron chi connectivity index (χ0n) is 13.7. The molecule has 9 heteroatoms. The molecule has 0 radical (unpaired) electrons. The molecule has 1 amide bonds. The number of nitrogens with one attached hydrogen (secondary N) is 2. The van der Waals surface area contributed by atoms with E-state index in [9.17, 15) is 13.2 Å². The molecular formula is C16H20N2O5S2. The van der Waals surface area contributed by atoms with Crippen LogP contribution in [0.2, 0.25) is 0 Å². The number of hydrogen-bond acceptors (Lipinski definition) is 6. The number of hydrogen-bond donors (Lipinski definition) is 2. The van der Waals surface area contributed by atoms with Crippen LogP contribution in [0, 0.1) is 0 Å². The Morgan fingerprint density at radius 1 is 1.12 bits per heavy atom. The molecule has 0 aliphatic carbocycles. The van der Waals surface area contributed by atoms with Crippen molar-refractivity contribution in [1.29, 1.82) is 0 Å². The first kappa shape index (κ1) is 19.2. The number of amides is 1. The standard InChI is InChI=1S/C16H20N2O5S2/c1-22-13-4-6-14(7-5-13)23-11-10-17-15(19)8-9-18-25(20,21)16-3-2-12-24-16/h2-7,12,18H,8-11H2,1H3,(H,17,19). The summed E-state index contributed by atoms with van der Waals surface area (Å²) in [7, 11) is -1.94. The van der Waals surface area contributed by atoms with Crippen molar-refractivity contribution in [3.05, 3.63) is 41.8 Å². The lowest BCUT2D eigenvalue weighted by Crippen LogP contribution is -2.32. The van der Waals surface area contributed by atoms with Gasteiger partial charge in [0.15, 0.2) is 0 Å². The van der Waals surface area contributed by atoms with Gasteiger partial charge in [0.2, 0.25) is 15.9 Å². The molecule has 2 aromatic rings.